The van der Waals surface area contributed by atoms with Gasteiger partial charge in [-0.25, -0.2) is 4.98 Å². The second-order valence-corrected chi connectivity index (χ2v) is 6.22. The zero-order valence-corrected chi connectivity index (χ0v) is 12.7. The van der Waals surface area contributed by atoms with Gasteiger partial charge in [0, 0.05) is 0 Å². The molecule has 1 fully saturated rings. The van der Waals surface area contributed by atoms with Crippen molar-refractivity contribution in [1.82, 2.24) is 19.5 Å². The van der Waals surface area contributed by atoms with Crippen molar-refractivity contribution in [2.45, 2.75) is 24.5 Å². The number of nitrogen functional groups attached to an aromatic ring is 1. The fourth-order valence-corrected chi connectivity index (χ4v) is 2.72. The van der Waals surface area contributed by atoms with Crippen LogP contribution in [0.25, 0.3) is 11.2 Å². The van der Waals surface area contributed by atoms with E-state index in [2.05, 4.69) is 19.5 Å². The second kappa shape index (κ2) is 5.89. The van der Waals surface area contributed by atoms with E-state index >= 15 is 0 Å². The minimum absolute atomic E-state index is 0.00705. The minimum atomic E-state index is -5.26. The predicted molar refractivity (Wildman–Crippen MR) is 72.0 cm³/mol. The normalized spacial score (nSPS) is 27.8. The summed E-state index contributed by atoms with van der Waals surface area (Å²) in [6.07, 6.45) is -4.46. The van der Waals surface area contributed by atoms with Gasteiger partial charge in [0.25, 0.3) is 5.56 Å². The summed E-state index contributed by atoms with van der Waals surface area (Å²) in [7, 11) is -5.26. The summed E-state index contributed by atoms with van der Waals surface area (Å²) >= 11 is 0. The number of aliphatic hydroxyl groups excluding tert-OH is 2. The maximum absolute atomic E-state index is 11.7. The number of nitrogens with zero attached hydrogens (tertiary/aromatic N) is 3. The lowest BCUT2D eigenvalue weighted by molar-refractivity contribution is -0.343. The van der Waals surface area contributed by atoms with Crippen LogP contribution in [0.15, 0.2) is 11.1 Å². The van der Waals surface area contributed by atoms with Gasteiger partial charge in [0.2, 0.25) is 5.95 Å². The fraction of sp³-hybridized carbons (Fsp3) is 0.500. The monoisotopic (exact) mass is 361 g/mol. The molecule has 0 aliphatic carbocycles. The third kappa shape index (κ3) is 3.06. The summed E-state index contributed by atoms with van der Waals surface area (Å²) in [4.78, 5) is 42.7. The molecule has 2 aromatic rings. The molecule has 24 heavy (non-hydrogen) atoms. The highest BCUT2D eigenvalue weighted by atomic mass is 31.2. The van der Waals surface area contributed by atoms with Gasteiger partial charge in [-0.05, 0) is 0 Å². The number of hydrogen-bond acceptors (Lipinski definition) is 11. The highest BCUT2D eigenvalue weighted by molar-refractivity contribution is 7.43. The number of nitrogens with two attached hydrogens (primary N) is 1. The average molecular weight is 361 g/mol. The Morgan fingerprint density at radius 1 is 1.46 bits per heavy atom. The van der Waals surface area contributed by atoms with E-state index in [-0.39, 0.29) is 17.1 Å². The number of phosphoric ester groups is 1. The Hall–Kier alpha value is -1.86. The van der Waals surface area contributed by atoms with E-state index in [1.807, 2.05) is 0 Å². The number of anilines is 1. The van der Waals surface area contributed by atoms with Crippen LogP contribution in [0.3, 0.4) is 0 Å². The zero-order chi connectivity index (χ0) is 17.6. The molecule has 0 radical (unpaired) electrons. The van der Waals surface area contributed by atoms with Crippen molar-refractivity contribution in [2.24, 2.45) is 0 Å². The highest BCUT2D eigenvalue weighted by Gasteiger charge is 2.44. The van der Waals surface area contributed by atoms with E-state index in [9.17, 15) is 29.4 Å². The first kappa shape index (κ1) is 17.0. The van der Waals surface area contributed by atoms with Crippen LogP contribution in [-0.2, 0) is 13.8 Å². The number of phosphoric acid groups is 1. The maximum atomic E-state index is 11.7. The summed E-state index contributed by atoms with van der Waals surface area (Å²) < 4.78 is 21.0. The summed E-state index contributed by atoms with van der Waals surface area (Å²) in [6.45, 7) is -0.776. The third-order valence-electron chi connectivity index (χ3n) is 3.46. The Balaban J connectivity index is 1.90. The van der Waals surface area contributed by atoms with E-state index in [1.165, 1.54) is 0 Å². The van der Waals surface area contributed by atoms with E-state index in [0.717, 1.165) is 10.9 Å². The van der Waals surface area contributed by atoms with Gasteiger partial charge < -0.3 is 39.6 Å². The van der Waals surface area contributed by atoms with Crippen molar-refractivity contribution in [3.63, 3.8) is 0 Å². The molecule has 0 amide bonds. The molecule has 13 nitrogen and oxygen atoms in total. The van der Waals surface area contributed by atoms with Crippen molar-refractivity contribution in [2.75, 3.05) is 12.3 Å². The van der Waals surface area contributed by atoms with Gasteiger partial charge in [-0.15, -0.1) is 0 Å². The quantitative estimate of drug-likeness (QED) is 0.387. The first-order valence-corrected chi connectivity index (χ1v) is 8.04. The van der Waals surface area contributed by atoms with Gasteiger partial charge in [0.1, 0.15) is 18.3 Å². The van der Waals surface area contributed by atoms with Crippen molar-refractivity contribution in [3.8, 4) is 0 Å². The summed E-state index contributed by atoms with van der Waals surface area (Å²) in [5.74, 6) is -0.194. The van der Waals surface area contributed by atoms with Crippen molar-refractivity contribution >= 4 is 24.9 Å². The summed E-state index contributed by atoms with van der Waals surface area (Å²) in [6, 6.07) is 0. The molecule has 5 N–H and O–H groups in total. The second-order valence-electron chi connectivity index (χ2n) is 5.06. The van der Waals surface area contributed by atoms with Gasteiger partial charge in [-0.3, -0.25) is 14.3 Å². The largest absolute Gasteiger partial charge is 0.790 e. The molecule has 0 saturated carbocycles. The van der Waals surface area contributed by atoms with Crippen LogP contribution < -0.4 is 21.1 Å². The molecule has 1 aliphatic rings. The molecule has 132 valence electrons. The molecule has 0 bridgehead atoms. The van der Waals surface area contributed by atoms with Crippen LogP contribution in [0.1, 0.15) is 6.23 Å². The molecule has 4 atom stereocenters. The van der Waals surface area contributed by atoms with Gasteiger partial charge in [-0.1, -0.05) is 0 Å². The van der Waals surface area contributed by atoms with Crippen LogP contribution in [0.5, 0.6) is 0 Å². The number of ether oxygens (including phenoxy) is 1. The molecule has 0 spiro atoms. The number of aromatic amines is 1. The van der Waals surface area contributed by atoms with Crippen LogP contribution in [-0.4, -0.2) is 54.7 Å². The Bertz CT molecular complexity index is 861. The predicted octanol–water partition coefficient (Wildman–Crippen LogP) is -3.83. The Morgan fingerprint density at radius 3 is 2.83 bits per heavy atom. The number of imidazole rings is 1. The zero-order valence-electron chi connectivity index (χ0n) is 11.8. The minimum Gasteiger partial charge on any atom is -0.790 e. The Labute approximate surface area is 132 Å². The lowest BCUT2D eigenvalue weighted by Crippen LogP contribution is -2.34. The lowest BCUT2D eigenvalue weighted by Gasteiger charge is -2.30. The Morgan fingerprint density at radius 2 is 2.17 bits per heavy atom. The molecule has 3 heterocycles. The van der Waals surface area contributed by atoms with Gasteiger partial charge in [-0.2, -0.15) is 4.98 Å². The van der Waals surface area contributed by atoms with Gasteiger partial charge >= 0.3 is 0 Å². The topological polar surface area (TPSA) is 212 Å². The van der Waals surface area contributed by atoms with Crippen LogP contribution in [0, 0.1) is 0 Å². The van der Waals surface area contributed by atoms with Gasteiger partial charge in [0.15, 0.2) is 17.4 Å². The fourth-order valence-electron chi connectivity index (χ4n) is 2.39. The first-order valence-electron chi connectivity index (χ1n) is 6.58. The molecule has 0 aromatic carbocycles. The van der Waals surface area contributed by atoms with Crippen molar-refractivity contribution in [3.05, 3.63) is 16.7 Å². The van der Waals surface area contributed by atoms with E-state index < -0.39 is 44.5 Å². The van der Waals surface area contributed by atoms with E-state index in [0.29, 0.717) is 0 Å². The van der Waals surface area contributed by atoms with Crippen molar-refractivity contribution < 1.29 is 33.8 Å². The molecule has 1 saturated heterocycles. The highest BCUT2D eigenvalue weighted by Crippen LogP contribution is 2.33. The number of aliphatic hydroxyl groups is 2. The molecule has 2 aromatic heterocycles. The molecular weight excluding hydrogens is 349 g/mol. The summed E-state index contributed by atoms with van der Waals surface area (Å²) in [5.41, 5.74) is 4.77. The number of fused-ring (bicyclic) bond motifs is 1. The molecule has 14 heteroatoms. The number of hydrogen-bond donors (Lipinski definition) is 4. The number of nitrogens with one attached hydrogen (secondary N) is 1. The van der Waals surface area contributed by atoms with Crippen LogP contribution in [0.2, 0.25) is 0 Å². The lowest BCUT2D eigenvalue weighted by atomic mass is 10.1. The van der Waals surface area contributed by atoms with Gasteiger partial charge in [0.05, 0.1) is 20.8 Å². The van der Waals surface area contributed by atoms with Crippen LogP contribution in [0.4, 0.5) is 5.95 Å². The van der Waals surface area contributed by atoms with E-state index in [1.54, 1.807) is 0 Å². The SMILES string of the molecule is Nc1nc2c(ncn2[C@@H]2O[C@H](COP(=O)([O-])[O-])[C@@H](O)[C@H]2O)c(=O)[nH]1. The standard InChI is InChI=1S/C10H14N5O8P/c11-10-13-7-4(8(18)14-10)12-2-15(7)9-6(17)5(16)3(23-9)1-22-24(19,20)21/h2-3,5-6,9,16-17H,1H2,(H2,19,20,21)(H3,11,13,14,18)/p-2/t3-,5-,6-,9-/m1/s1. The van der Waals surface area contributed by atoms with Crippen molar-refractivity contribution in [1.29, 1.82) is 0 Å². The average Bonchev–Trinajstić information content (AvgIpc) is 3.00. The number of aromatic nitrogens is 4. The molecule has 0 unspecified atom stereocenters. The number of rotatable bonds is 4. The third-order valence-corrected chi connectivity index (χ3v) is 3.92. The Kier molecular flexibility index (Phi) is 4.17. The summed E-state index contributed by atoms with van der Waals surface area (Å²) in [5, 5.41) is 20.0. The first-order chi connectivity index (χ1) is 11.2. The molecular formula is C10H12N5O8P-2. The van der Waals surface area contributed by atoms with E-state index in [4.69, 9.17) is 10.5 Å². The smallest absolute Gasteiger partial charge is 0.280 e. The maximum Gasteiger partial charge on any atom is 0.280 e. The molecule has 1 aliphatic heterocycles. The van der Waals surface area contributed by atoms with Crippen LogP contribution >= 0.6 is 7.82 Å². The number of H-pyrrole nitrogens is 1. The molecule has 3 rings (SSSR count).